The van der Waals surface area contributed by atoms with Gasteiger partial charge in [-0.05, 0) is 106 Å². The molecule has 4 rings (SSSR count). The van der Waals surface area contributed by atoms with Gasteiger partial charge in [-0.1, -0.05) is 6.07 Å². The summed E-state index contributed by atoms with van der Waals surface area (Å²) in [4.78, 5) is 16.5. The third kappa shape index (κ3) is 5.45. The zero-order valence-corrected chi connectivity index (χ0v) is 21.3. The van der Waals surface area contributed by atoms with E-state index in [4.69, 9.17) is 9.84 Å². The van der Waals surface area contributed by atoms with Crippen molar-refractivity contribution in [1.82, 2.24) is 15.0 Å². The Balaban J connectivity index is 1.52. The maximum absolute atomic E-state index is 12.6. The molecule has 0 atom stereocenters. The molecule has 4 aromatic rings. The van der Waals surface area contributed by atoms with Crippen molar-refractivity contribution >= 4 is 28.3 Å². The van der Waals surface area contributed by atoms with Crippen molar-refractivity contribution in [2.45, 2.75) is 41.5 Å². The summed E-state index contributed by atoms with van der Waals surface area (Å²) in [6.07, 6.45) is 0. The molecular weight excluding hydrogens is 438 g/mol. The molecule has 7 heteroatoms. The molecule has 0 aliphatic heterocycles. The van der Waals surface area contributed by atoms with Crippen molar-refractivity contribution in [2.75, 3.05) is 29.9 Å². The predicted molar refractivity (Wildman–Crippen MR) is 142 cm³/mol. The highest BCUT2D eigenvalue weighted by Crippen LogP contribution is 2.25. The zero-order chi connectivity index (χ0) is 25.1. The second-order valence-electron chi connectivity index (χ2n) is 8.95. The number of amides is 1. The van der Waals surface area contributed by atoms with Crippen LogP contribution in [0.2, 0.25) is 0 Å². The summed E-state index contributed by atoms with van der Waals surface area (Å²) in [5.41, 5.74) is 8.53. The van der Waals surface area contributed by atoms with Crippen LogP contribution >= 0.6 is 0 Å². The van der Waals surface area contributed by atoms with Gasteiger partial charge in [-0.3, -0.25) is 4.79 Å². The lowest BCUT2D eigenvalue weighted by atomic mass is 10.1. The van der Waals surface area contributed by atoms with Gasteiger partial charge >= 0.3 is 0 Å². The third-order valence-electron chi connectivity index (χ3n) is 6.09. The Bertz CT molecular complexity index is 1350. The van der Waals surface area contributed by atoms with Crippen LogP contribution in [0, 0.1) is 27.7 Å². The molecule has 1 N–H and O–H groups in total. The molecular formula is C28H33N5O2. The van der Waals surface area contributed by atoms with Gasteiger partial charge in [0.1, 0.15) is 16.8 Å². The van der Waals surface area contributed by atoms with E-state index in [-0.39, 0.29) is 12.5 Å². The topological polar surface area (TPSA) is 72.3 Å². The third-order valence-corrected chi connectivity index (χ3v) is 6.09. The van der Waals surface area contributed by atoms with Crippen LogP contribution in [0.1, 0.15) is 36.1 Å². The van der Waals surface area contributed by atoms with Gasteiger partial charge in [0.15, 0.2) is 6.61 Å². The molecule has 182 valence electrons. The summed E-state index contributed by atoms with van der Waals surface area (Å²) in [5, 5.41) is 12.3. The number of aryl methyl sites for hydroxylation is 4. The molecule has 3 aromatic carbocycles. The van der Waals surface area contributed by atoms with Gasteiger partial charge in [0.2, 0.25) is 0 Å². The van der Waals surface area contributed by atoms with Crippen LogP contribution in [0.15, 0.2) is 48.5 Å². The first-order valence-corrected chi connectivity index (χ1v) is 12.0. The van der Waals surface area contributed by atoms with E-state index in [2.05, 4.69) is 60.4 Å². The minimum absolute atomic E-state index is 0.0643. The zero-order valence-electron chi connectivity index (χ0n) is 21.3. The molecule has 0 fully saturated rings. The number of nitrogens with one attached hydrogen (secondary N) is 1. The quantitative estimate of drug-likeness (QED) is 0.366. The van der Waals surface area contributed by atoms with Crippen molar-refractivity contribution < 1.29 is 9.53 Å². The van der Waals surface area contributed by atoms with Crippen LogP contribution < -0.4 is 15.0 Å². The second-order valence-corrected chi connectivity index (χ2v) is 8.95. The highest BCUT2D eigenvalue weighted by Gasteiger charge is 2.13. The van der Waals surface area contributed by atoms with Gasteiger partial charge in [0, 0.05) is 24.5 Å². The Morgan fingerprint density at radius 3 is 2.17 bits per heavy atom. The van der Waals surface area contributed by atoms with Crippen LogP contribution in [0.4, 0.5) is 11.4 Å². The molecule has 1 aromatic heterocycles. The molecule has 35 heavy (non-hydrogen) atoms. The molecule has 0 saturated carbocycles. The van der Waals surface area contributed by atoms with Crippen molar-refractivity contribution in [3.8, 4) is 11.4 Å². The maximum Gasteiger partial charge on any atom is 0.262 e. The van der Waals surface area contributed by atoms with E-state index >= 15 is 0 Å². The first kappa shape index (κ1) is 24.3. The lowest BCUT2D eigenvalue weighted by Gasteiger charge is -2.22. The Labute approximate surface area is 206 Å². The number of anilines is 2. The molecule has 0 radical (unpaired) electrons. The molecule has 0 spiro atoms. The van der Waals surface area contributed by atoms with Gasteiger partial charge in [-0.15, -0.1) is 10.2 Å². The fourth-order valence-corrected chi connectivity index (χ4v) is 4.31. The second kappa shape index (κ2) is 10.2. The Morgan fingerprint density at radius 1 is 0.886 bits per heavy atom. The Hall–Kier alpha value is -3.87. The summed E-state index contributed by atoms with van der Waals surface area (Å²) < 4.78 is 5.70. The number of rotatable bonds is 8. The molecule has 1 heterocycles. The summed E-state index contributed by atoms with van der Waals surface area (Å²) in [5.74, 6) is 0.469. The van der Waals surface area contributed by atoms with E-state index in [0.717, 1.165) is 46.5 Å². The summed E-state index contributed by atoms with van der Waals surface area (Å²) in [7, 11) is 0. The largest absolute Gasteiger partial charge is 0.484 e. The smallest absolute Gasteiger partial charge is 0.262 e. The van der Waals surface area contributed by atoms with Gasteiger partial charge in [0.05, 0.1) is 5.69 Å². The SMILES string of the molecule is CCN(CC)c1ccc(-n2nc3cc(C)c(NC(=O)COc4cc(C)cc(C)c4)cc3n2)c(C)c1. The van der Waals surface area contributed by atoms with Gasteiger partial charge in [-0.25, -0.2) is 0 Å². The minimum atomic E-state index is -0.221. The molecule has 1 amide bonds. The van der Waals surface area contributed by atoms with E-state index in [1.54, 1.807) is 4.80 Å². The van der Waals surface area contributed by atoms with Crippen molar-refractivity contribution in [2.24, 2.45) is 0 Å². The molecule has 0 aliphatic rings. The van der Waals surface area contributed by atoms with Gasteiger partial charge < -0.3 is 15.0 Å². The van der Waals surface area contributed by atoms with E-state index in [0.29, 0.717) is 17.0 Å². The Morgan fingerprint density at radius 2 is 1.54 bits per heavy atom. The number of aromatic nitrogens is 3. The average Bonchev–Trinajstić information content (AvgIpc) is 3.20. The van der Waals surface area contributed by atoms with Crippen LogP contribution in [0.3, 0.4) is 0 Å². The number of carbonyl (C=O) groups is 1. The lowest BCUT2D eigenvalue weighted by Crippen LogP contribution is -2.21. The van der Waals surface area contributed by atoms with Crippen molar-refractivity contribution in [1.29, 1.82) is 0 Å². The Kier molecular flexibility index (Phi) is 7.05. The van der Waals surface area contributed by atoms with Crippen LogP contribution in [0.5, 0.6) is 5.75 Å². The van der Waals surface area contributed by atoms with Crippen molar-refractivity contribution in [3.63, 3.8) is 0 Å². The van der Waals surface area contributed by atoms with E-state index < -0.39 is 0 Å². The lowest BCUT2D eigenvalue weighted by molar-refractivity contribution is -0.118. The number of hydrogen-bond donors (Lipinski definition) is 1. The van der Waals surface area contributed by atoms with E-state index in [1.165, 1.54) is 5.69 Å². The molecule has 0 aliphatic carbocycles. The number of ether oxygens (including phenoxy) is 1. The summed E-state index contributed by atoms with van der Waals surface area (Å²) >= 11 is 0. The maximum atomic E-state index is 12.6. The number of hydrogen-bond acceptors (Lipinski definition) is 5. The number of nitrogens with zero attached hydrogens (tertiary/aromatic N) is 4. The normalized spacial score (nSPS) is 11.0. The van der Waals surface area contributed by atoms with Gasteiger partial charge in [-0.2, -0.15) is 4.80 Å². The van der Waals surface area contributed by atoms with E-state index in [1.807, 2.05) is 45.0 Å². The fourth-order valence-electron chi connectivity index (χ4n) is 4.31. The molecule has 7 nitrogen and oxygen atoms in total. The first-order valence-electron chi connectivity index (χ1n) is 12.0. The number of benzene rings is 3. The monoisotopic (exact) mass is 471 g/mol. The minimum Gasteiger partial charge on any atom is -0.484 e. The van der Waals surface area contributed by atoms with Crippen LogP contribution in [-0.4, -0.2) is 40.6 Å². The molecule has 0 bridgehead atoms. The highest BCUT2D eigenvalue weighted by atomic mass is 16.5. The molecule has 0 unspecified atom stereocenters. The standard InChI is InChI=1S/C28H33N5O2/c1-7-32(8-2)22-9-10-27(21(6)14-22)33-30-25-15-20(5)24(16-26(25)31-33)29-28(34)17-35-23-12-18(3)11-19(4)13-23/h9-16H,7-8,17H2,1-6H3,(H,29,34). The predicted octanol–water partition coefficient (Wildman–Crippen LogP) is 5.52. The summed E-state index contributed by atoms with van der Waals surface area (Å²) in [6, 6.07) is 16.1. The van der Waals surface area contributed by atoms with Gasteiger partial charge in [0.25, 0.3) is 5.91 Å². The fraction of sp³-hybridized carbons (Fsp3) is 0.321. The average molecular weight is 472 g/mol. The van der Waals surface area contributed by atoms with E-state index in [9.17, 15) is 4.79 Å². The van der Waals surface area contributed by atoms with Crippen LogP contribution in [-0.2, 0) is 4.79 Å². The molecule has 0 saturated heterocycles. The van der Waals surface area contributed by atoms with Crippen molar-refractivity contribution in [3.05, 3.63) is 70.8 Å². The number of carbonyl (C=O) groups excluding carboxylic acids is 1. The van der Waals surface area contributed by atoms with Crippen LogP contribution in [0.25, 0.3) is 16.7 Å². The summed E-state index contributed by atoms with van der Waals surface area (Å²) in [6.45, 7) is 14.2. The number of fused-ring (bicyclic) bond motifs is 1. The highest BCUT2D eigenvalue weighted by molar-refractivity contribution is 5.95. The first-order chi connectivity index (χ1) is 16.8.